The van der Waals surface area contributed by atoms with Gasteiger partial charge in [0.2, 0.25) is 0 Å². The minimum absolute atomic E-state index is 0.0759. The van der Waals surface area contributed by atoms with Crippen molar-refractivity contribution in [2.24, 2.45) is 52.3 Å². The maximum Gasteiger partial charge on any atom is 0.186 e. The molecule has 3 saturated heterocycles. The highest BCUT2D eigenvalue weighted by molar-refractivity contribution is 5.83. The van der Waals surface area contributed by atoms with Gasteiger partial charge in [0.1, 0.15) is 84.8 Å². The number of Topliss-reactive ketones (excluding diaryl/α,β-unsaturated/α-hetero) is 1. The number of carbonyl (C=O) groups is 1. The van der Waals surface area contributed by atoms with Gasteiger partial charge in [-0.1, -0.05) is 20.8 Å². The average Bonchev–Trinajstić information content (AvgIpc) is 3.77. The molecule has 8 rings (SSSR count). The summed E-state index contributed by atoms with van der Waals surface area (Å²) in [7, 11) is 0. The highest BCUT2D eigenvalue weighted by Crippen LogP contribution is 2.69. The number of hydrogen-bond donors (Lipinski definition) is 11. The minimum atomic E-state index is -1.64. The molecule has 0 amide bonds. The molecular weight excluding hydrogens is 844 g/mol. The van der Waals surface area contributed by atoms with Crippen LogP contribution in [0.25, 0.3) is 0 Å². The summed E-state index contributed by atoms with van der Waals surface area (Å²) in [5, 5.41) is 113. The molecule has 0 spiro atoms. The Bertz CT molecular complexity index is 1670. The van der Waals surface area contributed by atoms with E-state index in [-0.39, 0.29) is 84.7 Å². The van der Waals surface area contributed by atoms with E-state index in [4.69, 9.17) is 33.2 Å². The first kappa shape index (κ1) is 49.0. The van der Waals surface area contributed by atoms with Gasteiger partial charge in [-0.05, 0) is 91.9 Å². The summed E-state index contributed by atoms with van der Waals surface area (Å²) in [5.41, 5.74) is 0.750. The second-order valence-corrected chi connectivity index (χ2v) is 20.9. The summed E-state index contributed by atoms with van der Waals surface area (Å²) >= 11 is 0. The first-order valence-corrected chi connectivity index (χ1v) is 23.4. The zero-order chi connectivity index (χ0) is 46.2. The fraction of sp³-hybridized carbons (Fsp3) is 0.933. The van der Waals surface area contributed by atoms with Gasteiger partial charge in [0, 0.05) is 24.2 Å². The monoisotopic (exact) mass is 916 g/mol. The van der Waals surface area contributed by atoms with Crippen molar-refractivity contribution in [3.05, 3.63) is 11.3 Å². The van der Waals surface area contributed by atoms with Crippen LogP contribution in [-0.4, -0.2) is 193 Å². The van der Waals surface area contributed by atoms with Gasteiger partial charge in [0.15, 0.2) is 18.9 Å². The summed E-state index contributed by atoms with van der Waals surface area (Å²) in [5.74, 6) is 1.19. The van der Waals surface area contributed by atoms with E-state index in [1.165, 1.54) is 0 Å². The molecule has 25 atom stereocenters. The first-order chi connectivity index (χ1) is 30.3. The maximum absolute atomic E-state index is 14.3. The highest BCUT2D eigenvalue weighted by atomic mass is 16.7. The number of aliphatic hydroxyl groups is 11. The molecule has 19 nitrogen and oxygen atoms in total. The molecule has 11 N–H and O–H groups in total. The lowest BCUT2D eigenvalue weighted by Gasteiger charge is -2.60. The lowest BCUT2D eigenvalue weighted by atomic mass is 9.44. The predicted molar refractivity (Wildman–Crippen MR) is 218 cm³/mol. The molecule has 0 aromatic carbocycles. The number of rotatable bonds is 13. The molecule has 19 heteroatoms. The molecule has 4 heterocycles. The molecule has 64 heavy (non-hydrogen) atoms. The van der Waals surface area contributed by atoms with Gasteiger partial charge in [-0.25, -0.2) is 0 Å². The summed E-state index contributed by atoms with van der Waals surface area (Å²) in [6.07, 6.45) is -15.0. The molecule has 0 bridgehead atoms. The Morgan fingerprint density at radius 1 is 0.750 bits per heavy atom. The third kappa shape index (κ3) is 8.64. The van der Waals surface area contributed by atoms with Gasteiger partial charge in [0.05, 0.1) is 39.1 Å². The van der Waals surface area contributed by atoms with Crippen molar-refractivity contribution < 1.29 is 94.1 Å². The lowest BCUT2D eigenvalue weighted by Crippen LogP contribution is -2.61. The van der Waals surface area contributed by atoms with E-state index in [0.29, 0.717) is 38.0 Å². The average molecular weight is 917 g/mol. The molecule has 8 aliphatic rings. The van der Waals surface area contributed by atoms with Crippen LogP contribution in [0.1, 0.15) is 79.1 Å². The Kier molecular flexibility index (Phi) is 14.6. The van der Waals surface area contributed by atoms with Crippen LogP contribution in [0.2, 0.25) is 0 Å². The molecule has 4 aliphatic carbocycles. The summed E-state index contributed by atoms with van der Waals surface area (Å²) < 4.78 is 41.2. The number of fused-ring (bicyclic) bond motifs is 7. The predicted octanol–water partition coefficient (Wildman–Crippen LogP) is -1.79. The normalized spacial score (nSPS) is 51.4. The zero-order valence-corrected chi connectivity index (χ0v) is 37.2. The third-order valence-corrected chi connectivity index (χ3v) is 17.1. The Morgan fingerprint density at radius 3 is 2.11 bits per heavy atom. The molecule has 25 unspecified atom stereocenters. The number of ketones is 1. The molecule has 366 valence electrons. The maximum atomic E-state index is 14.3. The Morgan fingerprint density at radius 2 is 1.41 bits per heavy atom. The lowest BCUT2D eigenvalue weighted by molar-refractivity contribution is -0.330. The van der Waals surface area contributed by atoms with Gasteiger partial charge in [-0.15, -0.1) is 0 Å². The van der Waals surface area contributed by atoms with Crippen molar-refractivity contribution in [3.63, 3.8) is 0 Å². The zero-order valence-electron chi connectivity index (χ0n) is 37.2. The number of aliphatic hydroxyl groups excluding tert-OH is 11. The van der Waals surface area contributed by atoms with Gasteiger partial charge >= 0.3 is 0 Å². The standard InChI is InChI=1S/C45H72O19/c1-18(15-58-42-38(56)35(53)33(51)29(14-47)63-42)9-20(13-46)40-19(2)31-28(62-40)12-24-22-11-26(48)25-10-21(5-7-44(25,3)23(22)6-8-45(24,31)4)61-43-39(57)36(54)34(52)30(64-43)17-60-41-37(55)32(50)27(49)16-59-41/h18,20-25,27-39,41-43,46-47,49-57H,5-17H2,1-4H3. The van der Waals surface area contributed by atoms with E-state index < -0.39 is 98.7 Å². The summed E-state index contributed by atoms with van der Waals surface area (Å²) in [6.45, 7) is 7.41. The van der Waals surface area contributed by atoms with Gasteiger partial charge in [-0.2, -0.15) is 0 Å². The van der Waals surface area contributed by atoms with E-state index in [0.717, 1.165) is 30.6 Å². The van der Waals surface area contributed by atoms with Gasteiger partial charge < -0.3 is 89.3 Å². The fourth-order valence-corrected chi connectivity index (χ4v) is 13.6. The Balaban J connectivity index is 0.875. The van der Waals surface area contributed by atoms with Gasteiger partial charge in [-0.3, -0.25) is 4.79 Å². The van der Waals surface area contributed by atoms with Crippen LogP contribution in [0.15, 0.2) is 11.3 Å². The fourth-order valence-electron chi connectivity index (χ4n) is 13.6. The molecule has 4 aliphatic heterocycles. The van der Waals surface area contributed by atoms with E-state index in [1.54, 1.807) is 0 Å². The molecule has 0 radical (unpaired) electrons. The summed E-state index contributed by atoms with van der Waals surface area (Å²) in [6, 6.07) is 0. The van der Waals surface area contributed by atoms with Crippen molar-refractivity contribution >= 4 is 5.78 Å². The smallest absolute Gasteiger partial charge is 0.186 e. The van der Waals surface area contributed by atoms with Crippen LogP contribution in [0.3, 0.4) is 0 Å². The van der Waals surface area contributed by atoms with Crippen LogP contribution >= 0.6 is 0 Å². The topological polar surface area (TPSA) is 304 Å². The SMILES string of the molecule is CC1=C(C(CO)CC(C)COC2OC(CO)C(O)C(O)C2O)OC2CC3C4CC(=O)C5CC(OC6OC(COC7OCC(O)C(O)C7O)C(O)C(O)C6O)CCC5(C)C4CCC3(C)C12. The Hall–Kier alpha value is -1.47. The van der Waals surface area contributed by atoms with Crippen LogP contribution in [-0.2, 0) is 38.0 Å². The Labute approximate surface area is 373 Å². The van der Waals surface area contributed by atoms with Crippen LogP contribution < -0.4 is 0 Å². The molecule has 0 aromatic heterocycles. The molecule has 0 aromatic rings. The molecule has 4 saturated carbocycles. The van der Waals surface area contributed by atoms with Crippen molar-refractivity contribution in [2.45, 2.75) is 177 Å². The quantitative estimate of drug-likeness (QED) is 0.0909. The van der Waals surface area contributed by atoms with E-state index in [1.807, 2.05) is 6.92 Å². The molecule has 7 fully saturated rings. The van der Waals surface area contributed by atoms with E-state index in [2.05, 4.69) is 20.8 Å². The van der Waals surface area contributed by atoms with Crippen LogP contribution in [0.5, 0.6) is 0 Å². The van der Waals surface area contributed by atoms with Crippen molar-refractivity contribution in [2.75, 3.05) is 33.0 Å². The second kappa shape index (κ2) is 19.1. The minimum Gasteiger partial charge on any atom is -0.494 e. The second-order valence-electron chi connectivity index (χ2n) is 20.9. The number of hydrogen-bond acceptors (Lipinski definition) is 19. The van der Waals surface area contributed by atoms with Crippen LogP contribution in [0.4, 0.5) is 0 Å². The van der Waals surface area contributed by atoms with Crippen molar-refractivity contribution in [3.8, 4) is 0 Å². The molecular formula is C45H72O19. The summed E-state index contributed by atoms with van der Waals surface area (Å²) in [4.78, 5) is 14.3. The highest BCUT2D eigenvalue weighted by Gasteiger charge is 2.66. The number of carbonyl (C=O) groups excluding carboxylic acids is 1. The van der Waals surface area contributed by atoms with Gasteiger partial charge in [0.25, 0.3) is 0 Å². The third-order valence-electron chi connectivity index (χ3n) is 17.1. The first-order valence-electron chi connectivity index (χ1n) is 23.4. The number of ether oxygens (including phenoxy) is 7. The van der Waals surface area contributed by atoms with E-state index >= 15 is 0 Å². The van der Waals surface area contributed by atoms with E-state index in [9.17, 15) is 61.0 Å². The van der Waals surface area contributed by atoms with Crippen molar-refractivity contribution in [1.29, 1.82) is 0 Å². The van der Waals surface area contributed by atoms with Crippen molar-refractivity contribution in [1.82, 2.24) is 0 Å². The van der Waals surface area contributed by atoms with Crippen LogP contribution in [0, 0.1) is 52.3 Å². The largest absolute Gasteiger partial charge is 0.494 e.